The van der Waals surface area contributed by atoms with E-state index in [1.165, 1.54) is 6.07 Å². The summed E-state index contributed by atoms with van der Waals surface area (Å²) < 4.78 is 0. The zero-order valence-electron chi connectivity index (χ0n) is 12.6. The maximum absolute atomic E-state index is 11.4. The van der Waals surface area contributed by atoms with E-state index in [0.717, 1.165) is 17.5 Å². The lowest BCUT2D eigenvalue weighted by Gasteiger charge is -2.37. The Hall–Kier alpha value is -2.04. The second kappa shape index (κ2) is 5.80. The lowest BCUT2D eigenvalue weighted by Crippen LogP contribution is -2.29. The Balaban J connectivity index is 1.84. The molecule has 0 radical (unpaired) electrons. The van der Waals surface area contributed by atoms with Crippen LogP contribution in [0, 0.1) is 16.0 Å². The number of halogens is 2. The number of anilines is 1. The number of allylic oxidation sites excluding steroid dienone is 2. The van der Waals surface area contributed by atoms with Crippen molar-refractivity contribution in [2.75, 3.05) is 5.32 Å². The average molecular weight is 361 g/mol. The highest BCUT2D eigenvalue weighted by atomic mass is 35.5. The minimum atomic E-state index is -0.337. The van der Waals surface area contributed by atoms with Crippen molar-refractivity contribution in [2.24, 2.45) is 5.92 Å². The van der Waals surface area contributed by atoms with Gasteiger partial charge >= 0.3 is 0 Å². The van der Waals surface area contributed by atoms with Crippen molar-refractivity contribution in [2.45, 2.75) is 18.4 Å². The van der Waals surface area contributed by atoms with Crippen molar-refractivity contribution in [3.8, 4) is 0 Å². The van der Waals surface area contributed by atoms with Crippen LogP contribution < -0.4 is 5.32 Å². The molecule has 24 heavy (non-hydrogen) atoms. The maximum Gasteiger partial charge on any atom is 0.292 e. The molecule has 0 aromatic heterocycles. The van der Waals surface area contributed by atoms with Gasteiger partial charge in [0.1, 0.15) is 5.69 Å². The third kappa shape index (κ3) is 2.38. The molecule has 6 heteroatoms. The highest BCUT2D eigenvalue weighted by Gasteiger charge is 2.40. The number of fused-ring (bicyclic) bond motifs is 3. The predicted octanol–water partition coefficient (Wildman–Crippen LogP) is 5.73. The van der Waals surface area contributed by atoms with Crippen molar-refractivity contribution in [1.82, 2.24) is 0 Å². The van der Waals surface area contributed by atoms with Crippen LogP contribution in [0.4, 0.5) is 11.4 Å². The van der Waals surface area contributed by atoms with Crippen LogP contribution in [0.2, 0.25) is 10.0 Å². The van der Waals surface area contributed by atoms with Crippen LogP contribution in [0.1, 0.15) is 29.5 Å². The number of para-hydroxylation sites is 1. The number of nitrogens with one attached hydrogen (secondary N) is 1. The van der Waals surface area contributed by atoms with E-state index in [2.05, 4.69) is 17.5 Å². The molecular weight excluding hydrogens is 347 g/mol. The SMILES string of the molecule is O=[N+]([O-])c1cccc2c1N[C@H](c1ccc(Cl)c(Cl)c1)[C@H]1CC=C[C@H]21. The van der Waals surface area contributed by atoms with Gasteiger partial charge in [-0.1, -0.05) is 53.6 Å². The molecule has 3 atom stereocenters. The Morgan fingerprint density at radius 3 is 2.75 bits per heavy atom. The average Bonchev–Trinajstić information content (AvgIpc) is 3.06. The van der Waals surface area contributed by atoms with Gasteiger partial charge in [-0.2, -0.15) is 0 Å². The quantitative estimate of drug-likeness (QED) is 0.422. The highest BCUT2D eigenvalue weighted by Crippen LogP contribution is 2.52. The van der Waals surface area contributed by atoms with Crippen molar-refractivity contribution >= 4 is 34.6 Å². The fourth-order valence-corrected chi connectivity index (χ4v) is 4.10. The van der Waals surface area contributed by atoms with Crippen LogP contribution in [0.15, 0.2) is 48.6 Å². The van der Waals surface area contributed by atoms with Crippen molar-refractivity contribution in [3.05, 3.63) is 79.8 Å². The molecule has 4 rings (SSSR count). The summed E-state index contributed by atoms with van der Waals surface area (Å²) in [5.41, 5.74) is 2.69. The molecule has 2 aromatic rings. The Morgan fingerprint density at radius 1 is 1.17 bits per heavy atom. The fraction of sp³-hybridized carbons (Fsp3) is 0.222. The van der Waals surface area contributed by atoms with Gasteiger partial charge in [0.15, 0.2) is 0 Å². The first-order valence-corrected chi connectivity index (χ1v) is 8.47. The Morgan fingerprint density at radius 2 is 2.00 bits per heavy atom. The van der Waals surface area contributed by atoms with E-state index in [-0.39, 0.29) is 22.6 Å². The van der Waals surface area contributed by atoms with Crippen molar-refractivity contribution < 1.29 is 4.92 Å². The molecular formula is C18H14Cl2N2O2. The number of nitrogens with zero attached hydrogens (tertiary/aromatic N) is 1. The van der Waals surface area contributed by atoms with E-state index in [0.29, 0.717) is 21.7 Å². The van der Waals surface area contributed by atoms with E-state index in [1.54, 1.807) is 12.1 Å². The van der Waals surface area contributed by atoms with E-state index >= 15 is 0 Å². The third-order valence-electron chi connectivity index (χ3n) is 4.87. The molecule has 4 nitrogen and oxygen atoms in total. The molecule has 0 spiro atoms. The largest absolute Gasteiger partial charge is 0.372 e. The monoisotopic (exact) mass is 360 g/mol. The molecule has 0 amide bonds. The van der Waals surface area contributed by atoms with Crippen LogP contribution in [0.5, 0.6) is 0 Å². The summed E-state index contributed by atoms with van der Waals surface area (Å²) in [5.74, 6) is 0.470. The number of hydrogen-bond donors (Lipinski definition) is 1. The van der Waals surface area contributed by atoms with Gasteiger partial charge in [-0.3, -0.25) is 10.1 Å². The molecule has 1 aliphatic heterocycles. The minimum Gasteiger partial charge on any atom is -0.372 e. The van der Waals surface area contributed by atoms with Gasteiger partial charge in [0.05, 0.1) is 21.0 Å². The first kappa shape index (κ1) is 15.5. The molecule has 1 heterocycles. The molecule has 0 bridgehead atoms. The molecule has 0 saturated heterocycles. The van der Waals surface area contributed by atoms with Gasteiger partial charge < -0.3 is 5.32 Å². The summed E-state index contributed by atoms with van der Waals surface area (Å²) in [7, 11) is 0. The Kier molecular flexibility index (Phi) is 3.74. The summed E-state index contributed by atoms with van der Waals surface area (Å²) in [4.78, 5) is 11.1. The second-order valence-electron chi connectivity index (χ2n) is 6.15. The first-order valence-electron chi connectivity index (χ1n) is 7.71. The van der Waals surface area contributed by atoms with Gasteiger partial charge in [0, 0.05) is 12.0 Å². The normalized spacial score (nSPS) is 24.2. The topological polar surface area (TPSA) is 55.2 Å². The molecule has 1 N–H and O–H groups in total. The molecule has 2 aliphatic rings. The maximum atomic E-state index is 11.4. The molecule has 0 saturated carbocycles. The summed E-state index contributed by atoms with van der Waals surface area (Å²) >= 11 is 12.2. The van der Waals surface area contributed by atoms with E-state index in [9.17, 15) is 10.1 Å². The molecule has 0 unspecified atom stereocenters. The van der Waals surface area contributed by atoms with E-state index in [1.807, 2.05) is 18.2 Å². The van der Waals surface area contributed by atoms with E-state index < -0.39 is 0 Å². The summed E-state index contributed by atoms with van der Waals surface area (Å²) in [6.45, 7) is 0. The zero-order chi connectivity index (χ0) is 16.8. The summed E-state index contributed by atoms with van der Waals surface area (Å²) in [5, 5.41) is 15.8. The third-order valence-corrected chi connectivity index (χ3v) is 5.61. The fourth-order valence-electron chi connectivity index (χ4n) is 3.79. The minimum absolute atomic E-state index is 0.0478. The second-order valence-corrected chi connectivity index (χ2v) is 6.96. The number of rotatable bonds is 2. The lowest BCUT2D eigenvalue weighted by atomic mass is 9.77. The molecule has 0 fully saturated rings. The summed E-state index contributed by atoms with van der Waals surface area (Å²) in [6.07, 6.45) is 5.22. The highest BCUT2D eigenvalue weighted by molar-refractivity contribution is 6.42. The Labute approximate surface area is 149 Å². The molecule has 1 aliphatic carbocycles. The molecule has 2 aromatic carbocycles. The van der Waals surface area contributed by atoms with Crippen molar-refractivity contribution in [1.29, 1.82) is 0 Å². The van der Waals surface area contributed by atoms with Gasteiger partial charge in [0.25, 0.3) is 5.69 Å². The van der Waals surface area contributed by atoms with Crippen LogP contribution in [-0.2, 0) is 0 Å². The van der Waals surface area contributed by atoms with Gasteiger partial charge in [-0.15, -0.1) is 0 Å². The lowest BCUT2D eigenvalue weighted by molar-refractivity contribution is -0.384. The Bertz CT molecular complexity index is 866. The van der Waals surface area contributed by atoms with Gasteiger partial charge in [0.2, 0.25) is 0 Å². The smallest absolute Gasteiger partial charge is 0.292 e. The number of hydrogen-bond acceptors (Lipinski definition) is 3. The van der Waals surface area contributed by atoms with E-state index in [4.69, 9.17) is 23.2 Å². The van der Waals surface area contributed by atoms with Crippen LogP contribution >= 0.6 is 23.2 Å². The standard InChI is InChI=1S/C18H14Cl2N2O2/c19-14-8-7-10(9-15(14)20)17-12-4-1-3-11(12)13-5-2-6-16(22(23)24)18(13)21-17/h1-3,5-9,11-12,17,21H,4H2/t11-,12-,17+/m0/s1. The molecule has 122 valence electrons. The van der Waals surface area contributed by atoms with Crippen LogP contribution in [0.25, 0.3) is 0 Å². The number of benzene rings is 2. The van der Waals surface area contributed by atoms with Gasteiger partial charge in [-0.05, 0) is 35.6 Å². The number of nitro benzene ring substituents is 1. The first-order chi connectivity index (χ1) is 11.6. The van der Waals surface area contributed by atoms with Gasteiger partial charge in [-0.25, -0.2) is 0 Å². The zero-order valence-corrected chi connectivity index (χ0v) is 14.1. The van der Waals surface area contributed by atoms with Crippen LogP contribution in [0.3, 0.4) is 0 Å². The van der Waals surface area contributed by atoms with Crippen LogP contribution in [-0.4, -0.2) is 4.92 Å². The van der Waals surface area contributed by atoms with Crippen molar-refractivity contribution in [3.63, 3.8) is 0 Å². The number of nitro groups is 1. The summed E-state index contributed by atoms with van der Waals surface area (Å²) in [6, 6.07) is 10.8. The predicted molar refractivity (Wildman–Crippen MR) is 95.9 cm³/mol.